The molecule has 0 aliphatic heterocycles. The smallest absolute Gasteiger partial charge is 0.253 e. The van der Waals surface area contributed by atoms with Crippen molar-refractivity contribution < 1.29 is 9.18 Å². The van der Waals surface area contributed by atoms with Crippen molar-refractivity contribution in [3.05, 3.63) is 51.6 Å². The molecule has 0 atom stereocenters. The van der Waals surface area contributed by atoms with Gasteiger partial charge in [-0.1, -0.05) is 48.7 Å². The van der Waals surface area contributed by atoms with E-state index in [9.17, 15) is 9.18 Å². The molecule has 164 valence electrons. The zero-order valence-electron chi connectivity index (χ0n) is 17.6. The Bertz CT molecular complexity index is 1110. The van der Waals surface area contributed by atoms with E-state index in [1.165, 1.54) is 43.2 Å². The summed E-state index contributed by atoms with van der Waals surface area (Å²) in [5.41, 5.74) is 3.51. The van der Waals surface area contributed by atoms with Gasteiger partial charge in [-0.25, -0.2) is 13.9 Å². The van der Waals surface area contributed by atoms with Gasteiger partial charge in [-0.15, -0.1) is 5.10 Å². The van der Waals surface area contributed by atoms with Crippen LogP contribution in [0.5, 0.6) is 0 Å². The second-order valence-corrected chi connectivity index (χ2v) is 9.32. The predicted octanol–water partition coefficient (Wildman–Crippen LogP) is 4.67. The number of nitrogens with one attached hydrogen (secondary N) is 1. The minimum atomic E-state index is -0.360. The van der Waals surface area contributed by atoms with E-state index in [2.05, 4.69) is 20.4 Å². The lowest BCUT2D eigenvalue weighted by Crippen LogP contribution is -2.37. The number of nitrogens with zero attached hydrogens (tertiary/aromatic N) is 4. The lowest BCUT2D eigenvalue weighted by atomic mass is 9.95. The first-order chi connectivity index (χ1) is 14.9. The molecule has 0 radical (unpaired) electrons. The molecule has 1 aromatic carbocycles. The maximum absolute atomic E-state index is 13.4. The fourth-order valence-corrected chi connectivity index (χ4v) is 4.87. The van der Waals surface area contributed by atoms with Crippen LogP contribution in [0.25, 0.3) is 5.78 Å². The molecule has 31 heavy (non-hydrogen) atoms. The van der Waals surface area contributed by atoms with Gasteiger partial charge in [-0.05, 0) is 49.9 Å². The van der Waals surface area contributed by atoms with Crippen molar-refractivity contribution in [2.75, 3.05) is 5.75 Å². The molecule has 4 rings (SSSR count). The molecule has 0 spiro atoms. The zero-order valence-corrected chi connectivity index (χ0v) is 19.2. The molecule has 1 saturated carbocycles. The maximum Gasteiger partial charge on any atom is 0.253 e. The van der Waals surface area contributed by atoms with Crippen LogP contribution >= 0.6 is 23.4 Å². The van der Waals surface area contributed by atoms with Crippen LogP contribution in [-0.4, -0.2) is 37.3 Å². The molecule has 2 heterocycles. The van der Waals surface area contributed by atoms with Gasteiger partial charge in [0.2, 0.25) is 11.1 Å². The summed E-state index contributed by atoms with van der Waals surface area (Å²) in [6.07, 6.45) is 6.27. The number of amides is 1. The minimum Gasteiger partial charge on any atom is -0.353 e. The third-order valence-corrected chi connectivity index (χ3v) is 6.90. The number of aromatic nitrogens is 4. The van der Waals surface area contributed by atoms with Crippen LogP contribution in [0.3, 0.4) is 0 Å². The van der Waals surface area contributed by atoms with Crippen LogP contribution in [0, 0.1) is 19.7 Å². The topological polar surface area (TPSA) is 72.2 Å². The largest absolute Gasteiger partial charge is 0.353 e. The fourth-order valence-electron chi connectivity index (χ4n) is 4.01. The summed E-state index contributed by atoms with van der Waals surface area (Å²) in [4.78, 5) is 21.3. The first-order valence-electron chi connectivity index (χ1n) is 10.5. The Balaban J connectivity index is 1.48. The van der Waals surface area contributed by atoms with Crippen LogP contribution in [0.2, 0.25) is 5.02 Å². The Morgan fingerprint density at radius 1 is 1.26 bits per heavy atom. The van der Waals surface area contributed by atoms with Gasteiger partial charge < -0.3 is 5.32 Å². The van der Waals surface area contributed by atoms with Gasteiger partial charge in [0.05, 0.1) is 5.75 Å². The molecule has 0 bridgehead atoms. The average Bonchev–Trinajstić information content (AvgIpc) is 3.15. The highest BCUT2D eigenvalue weighted by molar-refractivity contribution is 7.99. The highest BCUT2D eigenvalue weighted by atomic mass is 35.5. The third-order valence-electron chi connectivity index (χ3n) is 5.71. The average molecular weight is 462 g/mol. The summed E-state index contributed by atoms with van der Waals surface area (Å²) in [5, 5.41) is 8.56. The SMILES string of the molecule is Cc1nc2nc(SCC(=O)NC3CCCCC3)nn2c(C)c1Cc1ccc(F)cc1Cl. The second-order valence-electron chi connectivity index (χ2n) is 7.97. The monoisotopic (exact) mass is 461 g/mol. The zero-order chi connectivity index (χ0) is 22.0. The van der Waals surface area contributed by atoms with E-state index in [4.69, 9.17) is 11.6 Å². The molecular weight excluding hydrogens is 437 g/mol. The second kappa shape index (κ2) is 9.53. The van der Waals surface area contributed by atoms with Crippen molar-refractivity contribution in [2.45, 2.75) is 63.6 Å². The van der Waals surface area contributed by atoms with E-state index >= 15 is 0 Å². The van der Waals surface area contributed by atoms with Crippen LogP contribution in [0.1, 0.15) is 54.6 Å². The maximum atomic E-state index is 13.4. The van der Waals surface area contributed by atoms with Crippen LogP contribution in [0.15, 0.2) is 23.4 Å². The normalized spacial score (nSPS) is 14.8. The third kappa shape index (κ3) is 5.18. The van der Waals surface area contributed by atoms with Gasteiger partial charge >= 0.3 is 0 Å². The molecule has 0 saturated heterocycles. The number of rotatable bonds is 6. The highest BCUT2D eigenvalue weighted by Gasteiger charge is 2.18. The predicted molar refractivity (Wildman–Crippen MR) is 120 cm³/mol. The Morgan fingerprint density at radius 3 is 2.77 bits per heavy atom. The van der Waals surface area contributed by atoms with Crippen molar-refractivity contribution >= 4 is 35.0 Å². The van der Waals surface area contributed by atoms with Crippen LogP contribution in [0.4, 0.5) is 4.39 Å². The summed E-state index contributed by atoms with van der Waals surface area (Å²) >= 11 is 7.52. The number of aryl methyl sites for hydroxylation is 2. The number of halogens is 2. The standard InChI is InChI=1S/C22H25ClFN5OS/c1-13-18(10-15-8-9-16(24)11-19(15)23)14(2)29-21(25-13)27-22(28-29)31-12-20(30)26-17-6-4-3-5-7-17/h8-9,11,17H,3-7,10,12H2,1-2H3,(H,26,30). The Kier molecular flexibility index (Phi) is 6.77. The lowest BCUT2D eigenvalue weighted by molar-refractivity contribution is -0.119. The first-order valence-corrected chi connectivity index (χ1v) is 11.9. The van der Waals surface area contributed by atoms with Gasteiger partial charge in [-0.2, -0.15) is 4.98 Å². The lowest BCUT2D eigenvalue weighted by Gasteiger charge is -2.22. The van der Waals surface area contributed by atoms with Gasteiger partial charge in [0.15, 0.2) is 0 Å². The van der Waals surface area contributed by atoms with Gasteiger partial charge in [0.25, 0.3) is 5.78 Å². The molecular formula is C22H25ClFN5OS. The number of hydrogen-bond acceptors (Lipinski definition) is 5. The fraction of sp³-hybridized carbons (Fsp3) is 0.455. The van der Waals surface area contributed by atoms with E-state index in [1.54, 1.807) is 10.6 Å². The van der Waals surface area contributed by atoms with Crippen LogP contribution in [-0.2, 0) is 11.2 Å². The summed E-state index contributed by atoms with van der Waals surface area (Å²) in [7, 11) is 0. The van der Waals surface area contributed by atoms with E-state index < -0.39 is 0 Å². The summed E-state index contributed by atoms with van der Waals surface area (Å²) in [6, 6.07) is 4.70. The molecule has 1 N–H and O–H groups in total. The summed E-state index contributed by atoms with van der Waals surface area (Å²) in [5.74, 6) is 0.437. The number of fused-ring (bicyclic) bond motifs is 1. The van der Waals surface area contributed by atoms with E-state index in [0.29, 0.717) is 28.4 Å². The molecule has 1 amide bonds. The molecule has 2 aromatic heterocycles. The highest BCUT2D eigenvalue weighted by Crippen LogP contribution is 2.25. The number of benzene rings is 1. The van der Waals surface area contributed by atoms with Gasteiger partial charge in [0, 0.05) is 28.9 Å². The molecule has 3 aromatic rings. The number of hydrogen-bond donors (Lipinski definition) is 1. The Morgan fingerprint density at radius 2 is 2.03 bits per heavy atom. The number of carbonyl (C=O) groups is 1. The molecule has 1 aliphatic rings. The van der Waals surface area contributed by atoms with Crippen molar-refractivity contribution in [1.29, 1.82) is 0 Å². The van der Waals surface area contributed by atoms with Crippen molar-refractivity contribution in [3.63, 3.8) is 0 Å². The van der Waals surface area contributed by atoms with Crippen molar-refractivity contribution in [2.24, 2.45) is 0 Å². The Labute approximate surface area is 190 Å². The minimum absolute atomic E-state index is 0.0169. The Hall–Kier alpha value is -2.19. The van der Waals surface area contributed by atoms with Crippen molar-refractivity contribution in [3.8, 4) is 0 Å². The summed E-state index contributed by atoms with van der Waals surface area (Å²) in [6.45, 7) is 3.87. The molecule has 1 aliphatic carbocycles. The first kappa shape index (κ1) is 22.0. The van der Waals surface area contributed by atoms with Crippen LogP contribution < -0.4 is 5.32 Å². The van der Waals surface area contributed by atoms with E-state index in [0.717, 1.165) is 35.4 Å². The van der Waals surface area contributed by atoms with E-state index in [1.807, 2.05) is 13.8 Å². The molecule has 6 nitrogen and oxygen atoms in total. The van der Waals surface area contributed by atoms with E-state index in [-0.39, 0.29) is 17.5 Å². The number of carbonyl (C=O) groups excluding carboxylic acids is 1. The van der Waals surface area contributed by atoms with Gasteiger partial charge in [0.1, 0.15) is 5.82 Å². The number of thioether (sulfide) groups is 1. The van der Waals surface area contributed by atoms with Crippen molar-refractivity contribution in [1.82, 2.24) is 24.9 Å². The molecule has 0 unspecified atom stereocenters. The molecule has 9 heteroatoms. The summed E-state index contributed by atoms with van der Waals surface area (Å²) < 4.78 is 15.1. The quantitative estimate of drug-likeness (QED) is 0.540. The van der Waals surface area contributed by atoms with Gasteiger partial charge in [-0.3, -0.25) is 4.79 Å². The molecule has 1 fully saturated rings.